The number of hydrogen-bond acceptors (Lipinski definition) is 4. The maximum Gasteiger partial charge on any atom is 0.334 e. The van der Waals surface area contributed by atoms with Crippen molar-refractivity contribution >= 4 is 13.3 Å². The molecule has 5 heteroatoms. The number of ether oxygens (including phenoxy) is 1. The summed E-state index contributed by atoms with van der Waals surface area (Å²) in [4.78, 5) is 12.3. The van der Waals surface area contributed by atoms with E-state index >= 15 is 0 Å². The van der Waals surface area contributed by atoms with Crippen molar-refractivity contribution in [2.45, 2.75) is 40.5 Å². The van der Waals surface area contributed by atoms with Crippen molar-refractivity contribution in [1.82, 2.24) is 0 Å². The molecule has 1 aromatic carbocycles. The van der Waals surface area contributed by atoms with Crippen molar-refractivity contribution in [3.8, 4) is 0 Å². The molecule has 0 aliphatic carbocycles. The van der Waals surface area contributed by atoms with Gasteiger partial charge in [0.15, 0.2) is 0 Å². The molecule has 0 aliphatic heterocycles. The maximum atomic E-state index is 13.1. The summed E-state index contributed by atoms with van der Waals surface area (Å²) in [5.74, 6) is -0.149. The molecule has 0 saturated heterocycles. The third-order valence-electron chi connectivity index (χ3n) is 3.62. The Morgan fingerprint density at radius 1 is 1.16 bits per heavy atom. The van der Waals surface area contributed by atoms with Crippen LogP contribution in [0.5, 0.6) is 0 Å². The van der Waals surface area contributed by atoms with Crippen LogP contribution in [-0.2, 0) is 25.0 Å². The molecule has 25 heavy (non-hydrogen) atoms. The van der Waals surface area contributed by atoms with Crippen LogP contribution in [0.15, 0.2) is 42.0 Å². The number of allylic oxidation sites excluding steroid dienone is 1. The molecule has 1 unspecified atom stereocenters. The highest BCUT2D eigenvalue weighted by Gasteiger charge is 2.28. The van der Waals surface area contributed by atoms with Crippen LogP contribution in [0.1, 0.15) is 39.7 Å². The van der Waals surface area contributed by atoms with Crippen molar-refractivity contribution < 1.29 is 18.6 Å². The topological polar surface area (TPSA) is 52.6 Å². The van der Waals surface area contributed by atoms with E-state index < -0.39 is 7.37 Å². The standard InChI is InChI=1S/C20H31O4P/c1-5-23-20(21)19(14-10-13-18-11-8-7-9-12-18)16-25(22,24-6-2)15-17(3)4/h7-9,11-12,14,17H,5-6,10,13,15-16H2,1-4H3/b19-14-. The summed E-state index contributed by atoms with van der Waals surface area (Å²) in [6.07, 6.45) is 4.00. The molecule has 0 bridgehead atoms. The second kappa shape index (κ2) is 11.3. The average Bonchev–Trinajstić information content (AvgIpc) is 2.54. The van der Waals surface area contributed by atoms with Gasteiger partial charge in [-0.25, -0.2) is 4.79 Å². The molecule has 0 aliphatic rings. The van der Waals surface area contributed by atoms with E-state index in [-0.39, 0.29) is 18.0 Å². The first kappa shape index (κ1) is 21.7. The van der Waals surface area contributed by atoms with Gasteiger partial charge in [-0.3, -0.25) is 4.57 Å². The van der Waals surface area contributed by atoms with Crippen LogP contribution in [-0.4, -0.2) is 31.5 Å². The van der Waals surface area contributed by atoms with Crippen molar-refractivity contribution in [3.63, 3.8) is 0 Å². The van der Waals surface area contributed by atoms with Gasteiger partial charge in [-0.2, -0.15) is 0 Å². The van der Waals surface area contributed by atoms with Gasteiger partial charge in [-0.1, -0.05) is 50.3 Å². The number of esters is 1. The summed E-state index contributed by atoms with van der Waals surface area (Å²) in [6.45, 7) is 8.30. The van der Waals surface area contributed by atoms with E-state index in [4.69, 9.17) is 9.26 Å². The lowest BCUT2D eigenvalue weighted by molar-refractivity contribution is -0.138. The predicted molar refractivity (Wildman–Crippen MR) is 103 cm³/mol. The summed E-state index contributed by atoms with van der Waals surface area (Å²) in [6, 6.07) is 10.1. The Bertz CT molecular complexity index is 593. The monoisotopic (exact) mass is 366 g/mol. The van der Waals surface area contributed by atoms with Gasteiger partial charge in [-0.05, 0) is 38.2 Å². The van der Waals surface area contributed by atoms with E-state index in [0.29, 0.717) is 31.4 Å². The molecular weight excluding hydrogens is 335 g/mol. The van der Waals surface area contributed by atoms with Crippen LogP contribution in [0.2, 0.25) is 0 Å². The van der Waals surface area contributed by atoms with E-state index in [9.17, 15) is 9.36 Å². The Hall–Kier alpha value is -1.38. The molecule has 4 nitrogen and oxygen atoms in total. The Kier molecular flexibility index (Phi) is 9.77. The van der Waals surface area contributed by atoms with Crippen molar-refractivity contribution in [1.29, 1.82) is 0 Å². The first-order chi connectivity index (χ1) is 11.9. The SMILES string of the molecule is CCOC(=O)/C(=C\CCc1ccccc1)CP(=O)(CC(C)C)OCC. The van der Waals surface area contributed by atoms with Crippen LogP contribution in [0.25, 0.3) is 0 Å². The highest BCUT2D eigenvalue weighted by atomic mass is 31.2. The van der Waals surface area contributed by atoms with Gasteiger partial charge in [0, 0.05) is 11.7 Å². The molecule has 0 amide bonds. The maximum absolute atomic E-state index is 13.1. The second-order valence-corrected chi connectivity index (χ2v) is 9.01. The molecule has 0 spiro atoms. The number of benzene rings is 1. The van der Waals surface area contributed by atoms with Crippen molar-refractivity contribution in [2.24, 2.45) is 5.92 Å². The highest BCUT2D eigenvalue weighted by Crippen LogP contribution is 2.50. The lowest BCUT2D eigenvalue weighted by atomic mass is 10.1. The Morgan fingerprint density at radius 3 is 2.40 bits per heavy atom. The van der Waals surface area contributed by atoms with E-state index in [0.717, 1.165) is 6.42 Å². The van der Waals surface area contributed by atoms with Gasteiger partial charge in [0.1, 0.15) is 0 Å². The molecule has 1 aromatic rings. The number of carbonyl (C=O) groups excluding carboxylic acids is 1. The molecule has 1 atom stereocenters. The fourth-order valence-corrected chi connectivity index (χ4v) is 5.39. The normalized spacial score (nSPS) is 14.4. The van der Waals surface area contributed by atoms with Gasteiger partial charge in [0.2, 0.25) is 7.37 Å². The molecule has 0 fully saturated rings. The van der Waals surface area contributed by atoms with Crippen LogP contribution >= 0.6 is 7.37 Å². The van der Waals surface area contributed by atoms with E-state index in [1.165, 1.54) is 5.56 Å². The van der Waals surface area contributed by atoms with E-state index in [1.54, 1.807) is 6.92 Å². The van der Waals surface area contributed by atoms with Gasteiger partial charge >= 0.3 is 5.97 Å². The Morgan fingerprint density at radius 2 is 1.84 bits per heavy atom. The van der Waals surface area contributed by atoms with Crippen LogP contribution in [0.4, 0.5) is 0 Å². The Labute approximate surface area is 152 Å². The summed E-state index contributed by atoms with van der Waals surface area (Å²) >= 11 is 0. The fourth-order valence-electron chi connectivity index (χ4n) is 2.71. The van der Waals surface area contributed by atoms with Gasteiger partial charge in [0.05, 0.1) is 19.4 Å². The lowest BCUT2D eigenvalue weighted by Gasteiger charge is -2.20. The zero-order valence-electron chi connectivity index (χ0n) is 15.9. The summed E-state index contributed by atoms with van der Waals surface area (Å²) in [5.41, 5.74) is 1.67. The second-order valence-electron chi connectivity index (χ2n) is 6.44. The smallest absolute Gasteiger partial charge is 0.334 e. The molecule has 0 saturated carbocycles. The van der Waals surface area contributed by atoms with Crippen LogP contribution in [0.3, 0.4) is 0 Å². The molecule has 0 radical (unpaired) electrons. The molecule has 0 heterocycles. The largest absolute Gasteiger partial charge is 0.463 e. The fraction of sp³-hybridized carbons (Fsp3) is 0.550. The summed E-state index contributed by atoms with van der Waals surface area (Å²) in [5, 5.41) is 0. The third-order valence-corrected chi connectivity index (χ3v) is 6.46. The van der Waals surface area contributed by atoms with E-state index in [2.05, 4.69) is 12.1 Å². The number of carbonyl (C=O) groups is 1. The van der Waals surface area contributed by atoms with Crippen molar-refractivity contribution in [2.75, 3.05) is 25.5 Å². The predicted octanol–water partition coefficient (Wildman–Crippen LogP) is 5.08. The molecular formula is C20H31O4P. The van der Waals surface area contributed by atoms with Gasteiger partial charge in [0.25, 0.3) is 0 Å². The van der Waals surface area contributed by atoms with Gasteiger partial charge < -0.3 is 9.26 Å². The number of rotatable bonds is 11. The Balaban J connectivity index is 2.88. The number of aryl methyl sites for hydroxylation is 1. The van der Waals surface area contributed by atoms with Crippen molar-refractivity contribution in [3.05, 3.63) is 47.5 Å². The molecule has 140 valence electrons. The highest BCUT2D eigenvalue weighted by molar-refractivity contribution is 7.59. The zero-order valence-corrected chi connectivity index (χ0v) is 16.8. The first-order valence-corrected chi connectivity index (χ1v) is 11.0. The molecule has 0 aromatic heterocycles. The number of hydrogen-bond donors (Lipinski definition) is 0. The van der Waals surface area contributed by atoms with E-state index in [1.807, 2.05) is 45.0 Å². The zero-order chi connectivity index (χ0) is 18.7. The average molecular weight is 366 g/mol. The minimum atomic E-state index is -2.89. The molecule has 1 rings (SSSR count). The molecule has 0 N–H and O–H groups in total. The van der Waals surface area contributed by atoms with Gasteiger partial charge in [-0.15, -0.1) is 0 Å². The minimum absolute atomic E-state index is 0.145. The summed E-state index contributed by atoms with van der Waals surface area (Å²) in [7, 11) is -2.89. The first-order valence-electron chi connectivity index (χ1n) is 9.03. The third kappa shape index (κ3) is 8.51. The minimum Gasteiger partial charge on any atom is -0.463 e. The van der Waals surface area contributed by atoms with Crippen LogP contribution < -0.4 is 0 Å². The summed E-state index contributed by atoms with van der Waals surface area (Å²) < 4.78 is 23.8. The quantitative estimate of drug-likeness (QED) is 0.311. The lowest BCUT2D eigenvalue weighted by Crippen LogP contribution is -2.15. The van der Waals surface area contributed by atoms with Crippen LogP contribution in [0, 0.1) is 5.92 Å².